The van der Waals surface area contributed by atoms with Gasteiger partial charge < -0.3 is 29.2 Å². The first kappa shape index (κ1) is 20.3. The maximum Gasteiger partial charge on any atom is 0.495 e. The van der Waals surface area contributed by atoms with Crippen molar-refractivity contribution in [3.63, 3.8) is 0 Å². The van der Waals surface area contributed by atoms with E-state index in [0.29, 0.717) is 37.1 Å². The summed E-state index contributed by atoms with van der Waals surface area (Å²) in [5, 5.41) is 7.52. The van der Waals surface area contributed by atoms with Crippen LogP contribution in [0.2, 0.25) is 6.04 Å². The third kappa shape index (κ3) is 7.25. The molecule has 0 amide bonds. The minimum atomic E-state index is -3.55. The van der Waals surface area contributed by atoms with E-state index in [1.54, 1.807) is 0 Å². The molecule has 0 radical (unpaired) electrons. The van der Waals surface area contributed by atoms with Crippen molar-refractivity contribution in [1.29, 1.82) is 1.43 Å². The van der Waals surface area contributed by atoms with Gasteiger partial charge in [0.15, 0.2) is 0 Å². The molecular weight excluding hydrogens is 372 g/mol. The van der Waals surface area contributed by atoms with Gasteiger partial charge in [-0.05, 0) is 32.1 Å². The highest BCUT2D eigenvalue weighted by Gasteiger charge is 2.30. The number of nitrogens with two attached hydrogens (primary N) is 1. The first-order valence-corrected chi connectivity index (χ1v) is 11.0. The summed E-state index contributed by atoms with van der Waals surface area (Å²) in [5.74, 6) is 6.98. The number of aliphatic hydroxyl groups excluding tert-OH is 1. The molecule has 0 bridgehead atoms. The fourth-order valence-electron chi connectivity index (χ4n) is 3.18. The van der Waals surface area contributed by atoms with E-state index in [9.17, 15) is 9.59 Å². The summed E-state index contributed by atoms with van der Waals surface area (Å²) in [6, 6.07) is 0.176. The van der Waals surface area contributed by atoms with E-state index in [-0.39, 0.29) is 30.8 Å². The summed E-state index contributed by atoms with van der Waals surface area (Å²) in [4.78, 5) is 32.1. The molecular formula is C15H30N6O5Si. The third-order valence-electron chi connectivity index (χ3n) is 4.44. The Balaban J connectivity index is 1.96. The Morgan fingerprint density at radius 2 is 2.11 bits per heavy atom. The van der Waals surface area contributed by atoms with Crippen molar-refractivity contribution in [2.45, 2.75) is 50.9 Å². The molecule has 2 heterocycles. The summed E-state index contributed by atoms with van der Waals surface area (Å²) in [6.45, 7) is 2.69. The lowest BCUT2D eigenvalue weighted by atomic mass is 9.89. The predicted octanol–water partition coefficient (Wildman–Crippen LogP) is -0.752. The van der Waals surface area contributed by atoms with Crippen LogP contribution in [0.15, 0.2) is 0 Å². The summed E-state index contributed by atoms with van der Waals surface area (Å²) in [5.41, 5.74) is 2.44. The number of nitrogens with one attached hydrogen (secondary N) is 2. The predicted molar refractivity (Wildman–Crippen MR) is 101 cm³/mol. The van der Waals surface area contributed by atoms with Gasteiger partial charge in [0.2, 0.25) is 13.3 Å². The summed E-state index contributed by atoms with van der Waals surface area (Å²) < 4.78 is 17.4. The van der Waals surface area contributed by atoms with Gasteiger partial charge in [-0.2, -0.15) is 15.0 Å². The molecule has 3 atom stereocenters. The molecule has 27 heavy (non-hydrogen) atoms. The van der Waals surface area contributed by atoms with E-state index in [4.69, 9.17) is 12.0 Å². The second-order valence-corrected chi connectivity index (χ2v) is 9.19. The van der Waals surface area contributed by atoms with Crippen LogP contribution in [-0.4, -0.2) is 72.4 Å². The molecule has 0 aliphatic carbocycles. The average Bonchev–Trinajstić information content (AvgIpc) is 2.65. The van der Waals surface area contributed by atoms with Gasteiger partial charge in [0.05, 0.1) is 18.8 Å². The topological polar surface area (TPSA) is 168 Å². The quantitative estimate of drug-likeness (QED) is 0.119. The van der Waals surface area contributed by atoms with Crippen LogP contribution in [0, 0.1) is 5.92 Å². The van der Waals surface area contributed by atoms with Crippen LogP contribution in [0.3, 0.4) is 0 Å². The first-order valence-electron chi connectivity index (χ1n) is 9.45. The van der Waals surface area contributed by atoms with E-state index in [1.165, 1.54) is 7.11 Å². The van der Waals surface area contributed by atoms with Crippen LogP contribution >= 0.6 is 0 Å². The number of hydrogen-bond acceptors (Lipinski definition) is 11. The zero-order valence-electron chi connectivity index (χ0n) is 16.7. The monoisotopic (exact) mass is 403 g/mol. The number of aliphatic hydroxyl groups is 1. The summed E-state index contributed by atoms with van der Waals surface area (Å²) in [6.07, 6.45) is 2.71. The highest BCUT2D eigenvalue weighted by Crippen LogP contribution is 2.27. The van der Waals surface area contributed by atoms with E-state index in [0.717, 1.165) is 12.8 Å². The van der Waals surface area contributed by atoms with Crippen LogP contribution < -0.4 is 16.6 Å². The Labute approximate surface area is 161 Å². The first-order chi connectivity index (χ1) is 13.3. The van der Waals surface area contributed by atoms with Crippen molar-refractivity contribution in [2.24, 2.45) is 11.8 Å². The van der Waals surface area contributed by atoms with Crippen molar-refractivity contribution in [2.75, 3.05) is 31.0 Å². The molecule has 11 nitrogen and oxygen atoms in total. The highest BCUT2D eigenvalue weighted by atomic mass is 28.4. The number of ether oxygens (including phenoxy) is 1. The van der Waals surface area contributed by atoms with Crippen LogP contribution in [-0.2, 0) is 15.6 Å². The molecule has 1 aliphatic rings. The normalized spacial score (nSPS) is 23.7. The minimum Gasteiger partial charge on any atom is -0.394 e. The fourth-order valence-corrected chi connectivity index (χ4v) is 4.03. The molecule has 7 N–H and O–H groups in total. The Morgan fingerprint density at radius 3 is 2.81 bits per heavy atom. The molecule has 3 unspecified atom stereocenters. The van der Waals surface area contributed by atoms with E-state index >= 15 is 0 Å². The lowest BCUT2D eigenvalue weighted by Crippen LogP contribution is -2.37. The maximum atomic E-state index is 9.56. The van der Waals surface area contributed by atoms with Crippen LogP contribution in [0.4, 0.5) is 11.9 Å². The Hall–Kier alpha value is -1.41. The van der Waals surface area contributed by atoms with E-state index in [1.807, 2.05) is 6.92 Å². The molecule has 1 fully saturated rings. The fraction of sp³-hybridized carbons (Fsp3) is 0.800. The van der Waals surface area contributed by atoms with Gasteiger partial charge in [0.1, 0.15) is 5.82 Å². The number of hydrogen-bond donors (Lipinski definition) is 6. The standard InChI is InChI=1S/C15H30N6O5Si/c1-10-6-11(7-12(9-22)26-10)8-13-18-14(20-15(19-13)21-16)17-4-3-5-27(23,24)25-2/h10-12,22-24H,3-9,16H2,1-2H3,(H2,17,18,19,20,21)/i22D. The molecule has 0 aromatic carbocycles. The zero-order valence-corrected chi connectivity index (χ0v) is 16.7. The number of rotatable bonds is 11. The van der Waals surface area contributed by atoms with E-state index in [2.05, 4.69) is 35.2 Å². The maximum absolute atomic E-state index is 9.56. The van der Waals surface area contributed by atoms with Gasteiger partial charge in [-0.3, -0.25) is 5.43 Å². The average molecular weight is 404 g/mol. The zero-order chi connectivity index (χ0) is 20.6. The molecule has 0 spiro atoms. The molecule has 2 rings (SSSR count). The second-order valence-electron chi connectivity index (χ2n) is 6.80. The molecule has 12 heteroatoms. The molecule has 0 saturated carbocycles. The molecule has 1 saturated heterocycles. The number of nitrogen functional groups attached to an aromatic ring is 1. The van der Waals surface area contributed by atoms with Crippen LogP contribution in [0.5, 0.6) is 0 Å². The minimum absolute atomic E-state index is 0.0765. The summed E-state index contributed by atoms with van der Waals surface area (Å²) >= 11 is 0. The van der Waals surface area contributed by atoms with Gasteiger partial charge >= 0.3 is 8.80 Å². The van der Waals surface area contributed by atoms with Crippen molar-refractivity contribution in [1.82, 2.24) is 15.0 Å². The SMILES string of the molecule is [2H]OCC1CC(Cc2nc(NN)nc(NCCC[Si](O)(O)OC)n2)CC(C)O1. The van der Waals surface area contributed by atoms with Gasteiger partial charge in [-0.1, -0.05) is 0 Å². The van der Waals surface area contributed by atoms with Crippen LogP contribution in [0.1, 0.15) is 32.0 Å². The Bertz CT molecular complexity index is 616. The van der Waals surface area contributed by atoms with Gasteiger partial charge in [0.25, 0.3) is 0 Å². The molecule has 154 valence electrons. The number of nitrogens with zero attached hydrogens (tertiary/aromatic N) is 3. The number of hydrazine groups is 1. The molecule has 1 aliphatic heterocycles. The van der Waals surface area contributed by atoms with Gasteiger partial charge in [0, 0.05) is 26.1 Å². The van der Waals surface area contributed by atoms with Crippen molar-refractivity contribution in [3.05, 3.63) is 5.82 Å². The third-order valence-corrected chi connectivity index (χ3v) is 6.10. The largest absolute Gasteiger partial charge is 0.495 e. The lowest BCUT2D eigenvalue weighted by Gasteiger charge is -2.32. The smallest absolute Gasteiger partial charge is 0.394 e. The highest BCUT2D eigenvalue weighted by molar-refractivity contribution is 6.57. The van der Waals surface area contributed by atoms with Crippen molar-refractivity contribution < 1.29 is 23.9 Å². The number of anilines is 2. The number of aromatic nitrogens is 3. The van der Waals surface area contributed by atoms with E-state index < -0.39 is 8.80 Å². The Morgan fingerprint density at radius 1 is 1.33 bits per heavy atom. The van der Waals surface area contributed by atoms with Gasteiger partial charge in [-0.25, -0.2) is 5.84 Å². The molecule has 1 aromatic heterocycles. The molecule has 1 aromatic rings. The lowest BCUT2D eigenvalue weighted by molar-refractivity contribution is -0.0826. The summed E-state index contributed by atoms with van der Waals surface area (Å²) in [7, 11) is -2.27. The van der Waals surface area contributed by atoms with Crippen molar-refractivity contribution in [3.8, 4) is 0 Å². The van der Waals surface area contributed by atoms with Crippen molar-refractivity contribution >= 4 is 20.7 Å². The van der Waals surface area contributed by atoms with Gasteiger partial charge in [-0.15, -0.1) is 0 Å². The second kappa shape index (κ2) is 10.2. The van der Waals surface area contributed by atoms with Crippen LogP contribution in [0.25, 0.3) is 0 Å². The Kier molecular flexibility index (Phi) is 7.69.